The highest BCUT2D eigenvalue weighted by Gasteiger charge is 2.10. The Morgan fingerprint density at radius 1 is 1.54 bits per heavy atom. The van der Waals surface area contributed by atoms with Crippen LogP contribution in [-0.4, -0.2) is 28.6 Å². The molecular formula is C9H19NO2S. The molecule has 0 heterocycles. The number of hydrogen-bond donors (Lipinski definition) is 2. The fourth-order valence-corrected chi connectivity index (χ4v) is 1.81. The second-order valence-corrected chi connectivity index (χ2v) is 4.71. The van der Waals surface area contributed by atoms with Crippen molar-refractivity contribution < 1.29 is 9.90 Å². The minimum atomic E-state index is -0.906. The van der Waals surface area contributed by atoms with Crippen LogP contribution in [0.3, 0.4) is 0 Å². The van der Waals surface area contributed by atoms with Gasteiger partial charge in [-0.25, -0.2) is 0 Å². The van der Waals surface area contributed by atoms with E-state index in [4.69, 9.17) is 10.8 Å². The van der Waals surface area contributed by atoms with E-state index >= 15 is 0 Å². The molecule has 13 heavy (non-hydrogen) atoms. The van der Waals surface area contributed by atoms with Crippen LogP contribution in [0.2, 0.25) is 0 Å². The highest BCUT2D eigenvalue weighted by molar-refractivity contribution is 7.99. The van der Waals surface area contributed by atoms with Crippen LogP contribution in [0, 0.1) is 5.92 Å². The molecule has 3 nitrogen and oxygen atoms in total. The van der Waals surface area contributed by atoms with Gasteiger partial charge in [0.1, 0.15) is 6.04 Å². The number of thioether (sulfide) groups is 1. The molecule has 0 radical (unpaired) electrons. The van der Waals surface area contributed by atoms with E-state index in [1.165, 1.54) is 6.42 Å². The van der Waals surface area contributed by atoms with Gasteiger partial charge in [-0.2, -0.15) is 11.8 Å². The first-order chi connectivity index (χ1) is 6.04. The fraction of sp³-hybridized carbons (Fsp3) is 0.889. The summed E-state index contributed by atoms with van der Waals surface area (Å²) < 4.78 is 0. The first kappa shape index (κ1) is 12.8. The van der Waals surface area contributed by atoms with Crippen molar-refractivity contribution in [3.8, 4) is 0 Å². The first-order valence-corrected chi connectivity index (χ1v) is 5.75. The Morgan fingerprint density at radius 2 is 2.15 bits per heavy atom. The molecule has 0 aliphatic rings. The zero-order chi connectivity index (χ0) is 10.3. The molecule has 0 amide bonds. The minimum Gasteiger partial charge on any atom is -0.480 e. The molecule has 0 aromatic rings. The maximum absolute atomic E-state index is 10.3. The summed E-state index contributed by atoms with van der Waals surface area (Å²) in [5.41, 5.74) is 5.34. The summed E-state index contributed by atoms with van der Waals surface area (Å²) in [4.78, 5) is 10.3. The molecule has 3 N–H and O–H groups in total. The molecule has 0 fully saturated rings. The van der Waals surface area contributed by atoms with Crippen molar-refractivity contribution in [2.45, 2.75) is 32.7 Å². The number of aliphatic carboxylic acids is 1. The number of carbonyl (C=O) groups is 1. The van der Waals surface area contributed by atoms with E-state index in [9.17, 15) is 4.79 Å². The second kappa shape index (κ2) is 7.21. The molecule has 0 aromatic carbocycles. The van der Waals surface area contributed by atoms with Gasteiger partial charge in [-0.05, 0) is 18.1 Å². The molecule has 1 unspecified atom stereocenters. The monoisotopic (exact) mass is 205 g/mol. The maximum Gasteiger partial charge on any atom is 0.321 e. The molecule has 1 atom stereocenters. The lowest BCUT2D eigenvalue weighted by Crippen LogP contribution is -2.32. The number of rotatable bonds is 7. The average Bonchev–Trinajstić information content (AvgIpc) is 2.02. The van der Waals surface area contributed by atoms with Gasteiger partial charge < -0.3 is 10.8 Å². The summed E-state index contributed by atoms with van der Waals surface area (Å²) in [6.07, 6.45) is 2.35. The smallest absolute Gasteiger partial charge is 0.321 e. The van der Waals surface area contributed by atoms with Gasteiger partial charge in [0.25, 0.3) is 0 Å². The molecule has 0 aliphatic carbocycles. The zero-order valence-electron chi connectivity index (χ0n) is 8.32. The van der Waals surface area contributed by atoms with E-state index in [1.54, 1.807) is 11.8 Å². The van der Waals surface area contributed by atoms with Crippen molar-refractivity contribution in [2.75, 3.05) is 11.5 Å². The quantitative estimate of drug-likeness (QED) is 0.619. The summed E-state index contributed by atoms with van der Waals surface area (Å²) in [5.74, 6) is 1.36. The topological polar surface area (TPSA) is 63.3 Å². The van der Waals surface area contributed by atoms with Crippen LogP contribution < -0.4 is 5.73 Å². The summed E-state index contributed by atoms with van der Waals surface area (Å²) in [7, 11) is 0. The summed E-state index contributed by atoms with van der Waals surface area (Å²) >= 11 is 1.63. The Hall–Kier alpha value is -0.220. The third-order valence-electron chi connectivity index (χ3n) is 1.68. The summed E-state index contributed by atoms with van der Waals surface area (Å²) in [5, 5.41) is 8.49. The first-order valence-electron chi connectivity index (χ1n) is 4.60. The number of hydrogen-bond acceptors (Lipinski definition) is 3. The molecule has 4 heteroatoms. The van der Waals surface area contributed by atoms with Crippen LogP contribution >= 0.6 is 11.8 Å². The van der Waals surface area contributed by atoms with Crippen molar-refractivity contribution in [3.05, 3.63) is 0 Å². The van der Waals surface area contributed by atoms with E-state index in [2.05, 4.69) is 13.8 Å². The molecule has 0 rings (SSSR count). The van der Waals surface area contributed by atoms with Crippen LogP contribution in [0.4, 0.5) is 0 Å². The third kappa shape index (κ3) is 8.12. The Morgan fingerprint density at radius 3 is 2.62 bits per heavy atom. The molecular weight excluding hydrogens is 186 g/mol. The van der Waals surface area contributed by atoms with Gasteiger partial charge >= 0.3 is 5.97 Å². The predicted molar refractivity (Wildman–Crippen MR) is 57.0 cm³/mol. The number of carboxylic acids is 1. The van der Waals surface area contributed by atoms with Crippen LogP contribution in [0.5, 0.6) is 0 Å². The maximum atomic E-state index is 10.3. The summed E-state index contributed by atoms with van der Waals surface area (Å²) in [6, 6.07) is -0.705. The lowest BCUT2D eigenvalue weighted by molar-refractivity contribution is -0.137. The van der Waals surface area contributed by atoms with Gasteiger partial charge in [-0.1, -0.05) is 20.3 Å². The minimum absolute atomic E-state index is 0.521. The van der Waals surface area contributed by atoms with Crippen LogP contribution in [0.25, 0.3) is 0 Å². The van der Waals surface area contributed by atoms with Crippen LogP contribution in [-0.2, 0) is 4.79 Å². The Balaban J connectivity index is 3.21. The van der Waals surface area contributed by atoms with E-state index in [-0.39, 0.29) is 0 Å². The predicted octanol–water partition coefficient (Wildman–Crippen LogP) is 1.57. The molecule has 78 valence electrons. The largest absolute Gasteiger partial charge is 0.480 e. The Labute approximate surface area is 84.1 Å². The number of nitrogens with two attached hydrogens (primary N) is 1. The van der Waals surface area contributed by atoms with Gasteiger partial charge in [0.2, 0.25) is 0 Å². The molecule has 0 aromatic heterocycles. The van der Waals surface area contributed by atoms with E-state index < -0.39 is 12.0 Å². The van der Waals surface area contributed by atoms with Gasteiger partial charge in [-0.15, -0.1) is 0 Å². The highest BCUT2D eigenvalue weighted by atomic mass is 32.2. The van der Waals surface area contributed by atoms with Crippen LogP contribution in [0.15, 0.2) is 0 Å². The van der Waals surface area contributed by atoms with Crippen molar-refractivity contribution in [2.24, 2.45) is 11.7 Å². The fourth-order valence-electron chi connectivity index (χ4n) is 0.875. The Bertz CT molecular complexity index is 151. The lowest BCUT2D eigenvalue weighted by atomic mass is 10.1. The highest BCUT2D eigenvalue weighted by Crippen LogP contribution is 2.10. The third-order valence-corrected chi connectivity index (χ3v) is 2.86. The van der Waals surface area contributed by atoms with E-state index in [0.717, 1.165) is 18.1 Å². The van der Waals surface area contributed by atoms with Gasteiger partial charge in [0, 0.05) is 5.75 Å². The summed E-state index contributed by atoms with van der Waals surface area (Å²) in [6.45, 7) is 4.38. The molecule has 0 bridgehead atoms. The molecule has 0 aliphatic heterocycles. The normalized spacial score (nSPS) is 13.2. The number of carboxylic acid groups (broad SMARTS) is 1. The lowest BCUT2D eigenvalue weighted by Gasteiger charge is -2.06. The van der Waals surface area contributed by atoms with Crippen LogP contribution in [0.1, 0.15) is 26.7 Å². The van der Waals surface area contributed by atoms with E-state index in [1.807, 2.05) is 0 Å². The zero-order valence-corrected chi connectivity index (χ0v) is 9.14. The van der Waals surface area contributed by atoms with Crippen molar-refractivity contribution in [3.63, 3.8) is 0 Å². The van der Waals surface area contributed by atoms with E-state index in [0.29, 0.717) is 5.75 Å². The van der Waals surface area contributed by atoms with Crippen molar-refractivity contribution in [1.29, 1.82) is 0 Å². The SMILES string of the molecule is CC(C)CCCSCC(N)C(=O)O. The average molecular weight is 205 g/mol. The molecule has 0 saturated carbocycles. The van der Waals surface area contributed by atoms with Gasteiger partial charge in [-0.3, -0.25) is 4.79 Å². The Kier molecular flexibility index (Phi) is 7.09. The van der Waals surface area contributed by atoms with Gasteiger partial charge in [0.15, 0.2) is 0 Å². The molecule has 0 saturated heterocycles. The molecule has 0 spiro atoms. The van der Waals surface area contributed by atoms with Gasteiger partial charge in [0.05, 0.1) is 0 Å². The van der Waals surface area contributed by atoms with Crippen molar-refractivity contribution >= 4 is 17.7 Å². The standard InChI is InChI=1S/C9H19NO2S/c1-7(2)4-3-5-13-6-8(10)9(11)12/h7-8H,3-6,10H2,1-2H3,(H,11,12). The van der Waals surface area contributed by atoms with Crippen molar-refractivity contribution in [1.82, 2.24) is 0 Å². The second-order valence-electron chi connectivity index (χ2n) is 3.56.